The summed E-state index contributed by atoms with van der Waals surface area (Å²) in [6, 6.07) is 6.73. The van der Waals surface area contributed by atoms with Crippen molar-refractivity contribution in [3.05, 3.63) is 75.0 Å². The van der Waals surface area contributed by atoms with Gasteiger partial charge in [-0.1, -0.05) is 47.5 Å². The third kappa shape index (κ3) is 4.06. The summed E-state index contributed by atoms with van der Waals surface area (Å²) >= 11 is 11.1. The van der Waals surface area contributed by atoms with E-state index >= 15 is 0 Å². The standard InChI is InChI=1S/C19H12Cl2F5NO/c20-14-5-11(6-15(21)17(14)22)13(19(24,25)26)7-16(28)10-1-3-12(4-2-10)18(23)8-27-9-18/h1-7,27H,8-9H2. The third-order valence-corrected chi connectivity index (χ3v) is 4.92. The minimum absolute atomic E-state index is 0.0549. The maximum absolute atomic E-state index is 14.3. The van der Waals surface area contributed by atoms with E-state index in [9.17, 15) is 26.7 Å². The number of carbonyl (C=O) groups excluding carboxylic acids is 1. The van der Waals surface area contributed by atoms with Crippen molar-refractivity contribution < 1.29 is 26.7 Å². The fraction of sp³-hybridized carbons (Fsp3) is 0.211. The van der Waals surface area contributed by atoms with E-state index in [1.54, 1.807) is 0 Å². The molecule has 1 aliphatic heterocycles. The smallest absolute Gasteiger partial charge is 0.310 e. The molecular formula is C19H12Cl2F5NO. The van der Waals surface area contributed by atoms with Crippen LogP contribution in [0.4, 0.5) is 22.0 Å². The first kappa shape index (κ1) is 20.8. The topological polar surface area (TPSA) is 29.1 Å². The van der Waals surface area contributed by atoms with Crippen LogP contribution in [-0.4, -0.2) is 25.0 Å². The molecule has 0 spiro atoms. The summed E-state index contributed by atoms with van der Waals surface area (Å²) in [5, 5.41) is 1.59. The van der Waals surface area contributed by atoms with Crippen molar-refractivity contribution in [3.8, 4) is 0 Å². The van der Waals surface area contributed by atoms with Crippen molar-refractivity contribution in [3.63, 3.8) is 0 Å². The predicted octanol–water partition coefficient (Wildman–Crippen LogP) is 5.73. The highest BCUT2D eigenvalue weighted by Crippen LogP contribution is 2.38. The van der Waals surface area contributed by atoms with E-state index < -0.39 is 44.6 Å². The Morgan fingerprint density at radius 2 is 1.57 bits per heavy atom. The van der Waals surface area contributed by atoms with Crippen LogP contribution in [0, 0.1) is 5.82 Å². The van der Waals surface area contributed by atoms with E-state index in [1.807, 2.05) is 0 Å². The van der Waals surface area contributed by atoms with E-state index in [-0.39, 0.29) is 18.7 Å². The van der Waals surface area contributed by atoms with Gasteiger partial charge in [0.25, 0.3) is 0 Å². The second-order valence-electron chi connectivity index (χ2n) is 6.32. The molecule has 3 rings (SSSR count). The molecule has 0 aromatic heterocycles. The zero-order chi connectivity index (χ0) is 20.7. The first-order valence-electron chi connectivity index (χ1n) is 7.99. The summed E-state index contributed by atoms with van der Waals surface area (Å²) in [7, 11) is 0. The lowest BCUT2D eigenvalue weighted by Gasteiger charge is -2.35. The number of benzene rings is 2. The number of hydrogen-bond donors (Lipinski definition) is 1. The molecule has 0 amide bonds. The van der Waals surface area contributed by atoms with E-state index in [1.165, 1.54) is 24.3 Å². The van der Waals surface area contributed by atoms with Gasteiger partial charge in [-0.15, -0.1) is 0 Å². The molecule has 0 aliphatic carbocycles. The van der Waals surface area contributed by atoms with Gasteiger partial charge < -0.3 is 5.32 Å². The van der Waals surface area contributed by atoms with Gasteiger partial charge in [-0.3, -0.25) is 4.79 Å². The van der Waals surface area contributed by atoms with Gasteiger partial charge in [0.1, 0.15) is 0 Å². The van der Waals surface area contributed by atoms with Crippen molar-refractivity contribution in [1.82, 2.24) is 5.32 Å². The highest BCUT2D eigenvalue weighted by atomic mass is 35.5. The van der Waals surface area contributed by atoms with Crippen molar-refractivity contribution in [2.75, 3.05) is 13.1 Å². The van der Waals surface area contributed by atoms with Crippen molar-refractivity contribution >= 4 is 34.6 Å². The van der Waals surface area contributed by atoms with E-state index in [0.29, 0.717) is 11.6 Å². The number of nitrogens with one attached hydrogen (secondary N) is 1. The molecule has 1 heterocycles. The van der Waals surface area contributed by atoms with Gasteiger partial charge >= 0.3 is 6.18 Å². The Labute approximate surface area is 166 Å². The molecule has 2 aromatic rings. The highest BCUT2D eigenvalue weighted by Gasteiger charge is 2.39. The molecule has 1 N–H and O–H groups in total. The van der Waals surface area contributed by atoms with Crippen LogP contribution < -0.4 is 5.32 Å². The molecule has 28 heavy (non-hydrogen) atoms. The Morgan fingerprint density at radius 1 is 1.04 bits per heavy atom. The second-order valence-corrected chi connectivity index (χ2v) is 7.13. The Hall–Kier alpha value is -1.96. The largest absolute Gasteiger partial charge is 0.417 e. The maximum atomic E-state index is 14.3. The van der Waals surface area contributed by atoms with E-state index in [4.69, 9.17) is 23.2 Å². The van der Waals surface area contributed by atoms with Gasteiger partial charge in [-0.25, -0.2) is 8.78 Å². The van der Waals surface area contributed by atoms with E-state index in [0.717, 1.165) is 12.1 Å². The summed E-state index contributed by atoms with van der Waals surface area (Å²) in [6.07, 6.45) is -4.54. The average molecular weight is 436 g/mol. The van der Waals surface area contributed by atoms with Gasteiger partial charge in [-0.2, -0.15) is 13.2 Å². The molecule has 1 fully saturated rings. The monoisotopic (exact) mass is 435 g/mol. The molecule has 2 aromatic carbocycles. The Balaban J connectivity index is 1.96. The molecule has 0 bridgehead atoms. The molecule has 1 saturated heterocycles. The molecular weight excluding hydrogens is 424 g/mol. The van der Waals surface area contributed by atoms with Crippen LogP contribution in [-0.2, 0) is 5.67 Å². The number of carbonyl (C=O) groups is 1. The van der Waals surface area contributed by atoms with Crippen molar-refractivity contribution in [2.24, 2.45) is 0 Å². The molecule has 0 radical (unpaired) electrons. The molecule has 0 saturated carbocycles. The molecule has 1 aliphatic rings. The average Bonchev–Trinajstić information content (AvgIpc) is 2.60. The minimum Gasteiger partial charge on any atom is -0.310 e. The summed E-state index contributed by atoms with van der Waals surface area (Å²) in [4.78, 5) is 12.3. The van der Waals surface area contributed by atoms with Crippen LogP contribution in [0.1, 0.15) is 21.5 Å². The van der Waals surface area contributed by atoms with Crippen molar-refractivity contribution in [2.45, 2.75) is 11.8 Å². The fourth-order valence-electron chi connectivity index (χ4n) is 2.74. The quantitative estimate of drug-likeness (QED) is 0.287. The fourth-order valence-corrected chi connectivity index (χ4v) is 3.22. The minimum atomic E-state index is -4.92. The lowest BCUT2D eigenvalue weighted by Crippen LogP contribution is -2.53. The number of ketones is 1. The first-order chi connectivity index (χ1) is 13.0. The summed E-state index contributed by atoms with van der Waals surface area (Å²) in [6.45, 7) is 0.259. The number of rotatable bonds is 4. The molecule has 2 nitrogen and oxygen atoms in total. The van der Waals surface area contributed by atoms with Gasteiger partial charge in [0.15, 0.2) is 17.3 Å². The van der Waals surface area contributed by atoms with Crippen molar-refractivity contribution in [1.29, 1.82) is 0 Å². The SMILES string of the molecule is O=C(C=C(c1cc(Cl)c(F)c(Cl)c1)C(F)(F)F)c1ccc(C2(F)CNC2)cc1. The highest BCUT2D eigenvalue weighted by molar-refractivity contribution is 6.35. The second kappa shape index (κ2) is 7.46. The van der Waals surface area contributed by atoms with Crippen LogP contribution in [0.15, 0.2) is 42.5 Å². The number of hydrogen-bond acceptors (Lipinski definition) is 2. The normalized spacial score (nSPS) is 16.6. The third-order valence-electron chi connectivity index (χ3n) is 4.37. The van der Waals surface area contributed by atoms with Gasteiger partial charge in [-0.05, 0) is 29.3 Å². The molecule has 148 valence electrons. The summed E-state index contributed by atoms with van der Waals surface area (Å²) < 4.78 is 68.2. The Morgan fingerprint density at radius 3 is 2.00 bits per heavy atom. The lowest BCUT2D eigenvalue weighted by atomic mass is 9.89. The number of alkyl halides is 4. The first-order valence-corrected chi connectivity index (χ1v) is 8.75. The molecule has 9 heteroatoms. The summed E-state index contributed by atoms with van der Waals surface area (Å²) in [5.41, 5.74) is -3.14. The zero-order valence-corrected chi connectivity index (χ0v) is 15.5. The van der Waals surface area contributed by atoms with Gasteiger partial charge in [0.2, 0.25) is 0 Å². The van der Waals surface area contributed by atoms with Crippen LogP contribution in [0.2, 0.25) is 10.0 Å². The molecule has 0 atom stereocenters. The van der Waals surface area contributed by atoms with Crippen LogP contribution >= 0.6 is 23.2 Å². The van der Waals surface area contributed by atoms with Gasteiger partial charge in [0, 0.05) is 18.7 Å². The van der Waals surface area contributed by atoms with Crippen LogP contribution in [0.3, 0.4) is 0 Å². The maximum Gasteiger partial charge on any atom is 0.417 e. The Kier molecular flexibility index (Phi) is 5.53. The van der Waals surface area contributed by atoms with Crippen LogP contribution in [0.25, 0.3) is 5.57 Å². The van der Waals surface area contributed by atoms with Crippen LogP contribution in [0.5, 0.6) is 0 Å². The number of allylic oxidation sites excluding steroid dienone is 2. The van der Waals surface area contributed by atoms with Gasteiger partial charge in [0.05, 0.1) is 15.6 Å². The number of halogens is 7. The van der Waals surface area contributed by atoms with E-state index in [2.05, 4.69) is 5.32 Å². The summed E-state index contributed by atoms with van der Waals surface area (Å²) in [5.74, 6) is -2.00. The Bertz CT molecular complexity index is 927. The zero-order valence-electron chi connectivity index (χ0n) is 14.0. The lowest BCUT2D eigenvalue weighted by molar-refractivity contribution is -0.0689. The molecule has 0 unspecified atom stereocenters. The predicted molar refractivity (Wildman–Crippen MR) is 96.9 cm³/mol.